The van der Waals surface area contributed by atoms with Gasteiger partial charge in [-0.25, -0.2) is 0 Å². The van der Waals surface area contributed by atoms with Crippen molar-refractivity contribution in [2.75, 3.05) is 13.2 Å². The third-order valence-electron chi connectivity index (χ3n) is 2.53. The Kier molecular flexibility index (Phi) is 2.89. The maximum Gasteiger partial charge on any atom is 0.0872 e. The van der Waals surface area contributed by atoms with E-state index in [9.17, 15) is 0 Å². The van der Waals surface area contributed by atoms with Crippen LogP contribution >= 0.6 is 0 Å². The van der Waals surface area contributed by atoms with Gasteiger partial charge in [-0.05, 0) is 13.3 Å². The fourth-order valence-corrected chi connectivity index (χ4v) is 2.03. The summed E-state index contributed by atoms with van der Waals surface area (Å²) in [5.74, 6) is 0. The molecule has 1 aliphatic heterocycles. The van der Waals surface area contributed by atoms with Gasteiger partial charge >= 0.3 is 0 Å². The van der Waals surface area contributed by atoms with Crippen molar-refractivity contribution in [2.24, 2.45) is 5.41 Å². The maximum absolute atomic E-state index is 3.47. The quantitative estimate of drug-likeness (QED) is 0.706. The molecule has 1 aliphatic rings. The van der Waals surface area contributed by atoms with Crippen molar-refractivity contribution in [2.45, 2.75) is 41.0 Å². The maximum atomic E-state index is 3.47. The smallest absolute Gasteiger partial charge is 0.0872 e. The molecule has 0 aliphatic carbocycles. The summed E-state index contributed by atoms with van der Waals surface area (Å²) in [6, 6.07) is 0. The molecule has 2 heteroatoms. The highest BCUT2D eigenvalue weighted by Gasteiger charge is 2.29. The highest BCUT2D eigenvalue weighted by molar-refractivity contribution is 5.21. The zero-order valence-electron chi connectivity index (χ0n) is 9.57. The number of allylic oxidation sites excluding steroid dienone is 2. The first-order valence-corrected chi connectivity index (χ1v) is 5.23. The topological polar surface area (TPSA) is 15.3 Å². The second kappa shape index (κ2) is 3.60. The molecule has 0 bridgehead atoms. The van der Waals surface area contributed by atoms with Crippen molar-refractivity contribution in [1.82, 2.24) is 10.2 Å². The molecule has 0 atom stereocenters. The molecule has 13 heavy (non-hydrogen) atoms. The third kappa shape index (κ3) is 1.98. The molecular formula is C11H22N2. The zero-order chi connectivity index (χ0) is 10.1. The molecule has 0 fully saturated rings. The van der Waals surface area contributed by atoms with Gasteiger partial charge in [0, 0.05) is 23.4 Å². The van der Waals surface area contributed by atoms with Crippen LogP contribution in [0.1, 0.15) is 41.0 Å². The normalized spacial score (nSPS) is 18.1. The van der Waals surface area contributed by atoms with E-state index >= 15 is 0 Å². The summed E-state index contributed by atoms with van der Waals surface area (Å²) in [5, 5.41) is 3.47. The van der Waals surface area contributed by atoms with Crippen molar-refractivity contribution in [3.63, 3.8) is 0 Å². The standard InChI is InChI=1S/C11H22N2/c1-6-9-10(11(3,4)5)13(7-2)8-12-9/h12H,6-8H2,1-5H3. The van der Waals surface area contributed by atoms with E-state index in [1.54, 1.807) is 0 Å². The molecule has 0 aromatic carbocycles. The Labute approximate surface area is 82.0 Å². The van der Waals surface area contributed by atoms with Crippen LogP contribution in [0.25, 0.3) is 0 Å². The van der Waals surface area contributed by atoms with Crippen molar-refractivity contribution >= 4 is 0 Å². The zero-order valence-corrected chi connectivity index (χ0v) is 9.57. The molecule has 0 spiro atoms. The van der Waals surface area contributed by atoms with Crippen LogP contribution in [-0.2, 0) is 0 Å². The van der Waals surface area contributed by atoms with Crippen molar-refractivity contribution in [3.8, 4) is 0 Å². The van der Waals surface area contributed by atoms with E-state index in [0.717, 1.165) is 19.6 Å². The van der Waals surface area contributed by atoms with Crippen molar-refractivity contribution < 1.29 is 0 Å². The van der Waals surface area contributed by atoms with Crippen LogP contribution in [0, 0.1) is 5.41 Å². The van der Waals surface area contributed by atoms with Gasteiger partial charge in [0.1, 0.15) is 0 Å². The summed E-state index contributed by atoms with van der Waals surface area (Å²) < 4.78 is 0. The predicted octanol–water partition coefficient (Wildman–Crippen LogP) is 2.54. The monoisotopic (exact) mass is 182 g/mol. The Morgan fingerprint density at radius 2 is 1.92 bits per heavy atom. The molecule has 0 amide bonds. The summed E-state index contributed by atoms with van der Waals surface area (Å²) >= 11 is 0. The van der Waals surface area contributed by atoms with Crippen LogP contribution in [0.5, 0.6) is 0 Å². The van der Waals surface area contributed by atoms with Crippen molar-refractivity contribution in [1.29, 1.82) is 0 Å². The molecule has 0 saturated heterocycles. The molecule has 0 aromatic heterocycles. The second-order valence-electron chi connectivity index (χ2n) is 4.62. The van der Waals surface area contributed by atoms with Gasteiger partial charge in [-0.15, -0.1) is 0 Å². The average molecular weight is 182 g/mol. The van der Waals surface area contributed by atoms with Crippen LogP contribution in [0.3, 0.4) is 0 Å². The van der Waals surface area contributed by atoms with Crippen molar-refractivity contribution in [3.05, 3.63) is 11.4 Å². The third-order valence-corrected chi connectivity index (χ3v) is 2.53. The summed E-state index contributed by atoms with van der Waals surface area (Å²) in [6.45, 7) is 13.4. The van der Waals surface area contributed by atoms with Crippen LogP contribution in [0.2, 0.25) is 0 Å². The summed E-state index contributed by atoms with van der Waals surface area (Å²) in [4.78, 5) is 2.43. The Bertz CT molecular complexity index is 211. The largest absolute Gasteiger partial charge is 0.370 e. The minimum Gasteiger partial charge on any atom is -0.370 e. The number of nitrogens with one attached hydrogen (secondary N) is 1. The van der Waals surface area contributed by atoms with E-state index < -0.39 is 0 Å². The van der Waals surface area contributed by atoms with Crippen LogP contribution in [-0.4, -0.2) is 18.1 Å². The van der Waals surface area contributed by atoms with Gasteiger partial charge in [-0.3, -0.25) is 0 Å². The van der Waals surface area contributed by atoms with Crippen LogP contribution < -0.4 is 5.32 Å². The first-order chi connectivity index (χ1) is 6.00. The van der Waals surface area contributed by atoms with Gasteiger partial charge in [0.05, 0.1) is 6.67 Å². The SMILES string of the molecule is CCC1=C(C(C)(C)C)N(CC)CN1. The lowest BCUT2D eigenvalue weighted by Gasteiger charge is -2.29. The minimum atomic E-state index is 0.269. The molecule has 0 radical (unpaired) electrons. The molecule has 1 rings (SSSR count). The lowest BCUT2D eigenvalue weighted by atomic mass is 9.89. The van der Waals surface area contributed by atoms with Crippen LogP contribution in [0.15, 0.2) is 11.4 Å². The van der Waals surface area contributed by atoms with E-state index in [1.165, 1.54) is 11.4 Å². The summed E-state index contributed by atoms with van der Waals surface area (Å²) in [7, 11) is 0. The molecule has 76 valence electrons. The number of nitrogens with zero attached hydrogens (tertiary/aromatic N) is 1. The lowest BCUT2D eigenvalue weighted by Crippen LogP contribution is -2.28. The summed E-state index contributed by atoms with van der Waals surface area (Å²) in [6.07, 6.45) is 1.11. The number of hydrogen-bond donors (Lipinski definition) is 1. The average Bonchev–Trinajstić information content (AvgIpc) is 2.45. The first-order valence-electron chi connectivity index (χ1n) is 5.23. The fourth-order valence-electron chi connectivity index (χ4n) is 2.03. The fraction of sp³-hybridized carbons (Fsp3) is 0.818. The molecule has 1 heterocycles. The highest BCUT2D eigenvalue weighted by atomic mass is 15.3. The minimum absolute atomic E-state index is 0.269. The van der Waals surface area contributed by atoms with Gasteiger partial charge in [0.25, 0.3) is 0 Å². The van der Waals surface area contributed by atoms with Gasteiger partial charge in [-0.2, -0.15) is 0 Å². The number of rotatable bonds is 2. The lowest BCUT2D eigenvalue weighted by molar-refractivity contribution is 0.298. The first kappa shape index (κ1) is 10.4. The van der Waals surface area contributed by atoms with Gasteiger partial charge in [0.2, 0.25) is 0 Å². The molecule has 0 unspecified atom stereocenters. The second-order valence-corrected chi connectivity index (χ2v) is 4.62. The Morgan fingerprint density at radius 1 is 1.31 bits per heavy atom. The van der Waals surface area contributed by atoms with E-state index in [-0.39, 0.29) is 5.41 Å². The summed E-state index contributed by atoms with van der Waals surface area (Å²) in [5.41, 5.74) is 3.19. The Morgan fingerprint density at radius 3 is 2.31 bits per heavy atom. The molecule has 2 nitrogen and oxygen atoms in total. The van der Waals surface area contributed by atoms with E-state index in [1.807, 2.05) is 0 Å². The van der Waals surface area contributed by atoms with Gasteiger partial charge in [-0.1, -0.05) is 27.7 Å². The van der Waals surface area contributed by atoms with E-state index in [4.69, 9.17) is 0 Å². The predicted molar refractivity (Wildman–Crippen MR) is 57.2 cm³/mol. The van der Waals surface area contributed by atoms with E-state index in [2.05, 4.69) is 44.8 Å². The molecule has 1 N–H and O–H groups in total. The number of hydrogen-bond acceptors (Lipinski definition) is 2. The molecule has 0 aromatic rings. The van der Waals surface area contributed by atoms with E-state index in [0.29, 0.717) is 0 Å². The highest BCUT2D eigenvalue weighted by Crippen LogP contribution is 2.33. The van der Waals surface area contributed by atoms with Gasteiger partial charge in [0.15, 0.2) is 0 Å². The molecular weight excluding hydrogens is 160 g/mol. The van der Waals surface area contributed by atoms with Gasteiger partial charge < -0.3 is 10.2 Å². The Hall–Kier alpha value is -0.660. The Balaban J connectivity index is 2.96. The van der Waals surface area contributed by atoms with Crippen LogP contribution in [0.4, 0.5) is 0 Å². The molecule has 0 saturated carbocycles.